The quantitative estimate of drug-likeness (QED) is 0.696. The molecule has 1 aliphatic rings. The van der Waals surface area contributed by atoms with Crippen molar-refractivity contribution in [3.8, 4) is 0 Å². The van der Waals surface area contributed by atoms with Crippen molar-refractivity contribution in [3.63, 3.8) is 0 Å². The van der Waals surface area contributed by atoms with Crippen LogP contribution in [0.2, 0.25) is 0 Å². The fraction of sp³-hybridized carbons (Fsp3) is 0.846. The normalized spacial score (nSPS) is 21.0. The summed E-state index contributed by atoms with van der Waals surface area (Å²) in [4.78, 5) is 25.8. The van der Waals surface area contributed by atoms with Gasteiger partial charge in [-0.25, -0.2) is 0 Å². The van der Waals surface area contributed by atoms with E-state index in [4.69, 9.17) is 10.5 Å². The van der Waals surface area contributed by atoms with E-state index in [0.717, 1.165) is 6.42 Å². The van der Waals surface area contributed by atoms with Gasteiger partial charge in [0.05, 0.1) is 13.2 Å². The maximum Gasteiger partial charge on any atom is 0.245 e. The van der Waals surface area contributed by atoms with Gasteiger partial charge in [-0.3, -0.25) is 9.59 Å². The number of carbonyl (C=O) groups excluding carboxylic acids is 2. The Labute approximate surface area is 114 Å². The third kappa shape index (κ3) is 4.80. The van der Waals surface area contributed by atoms with Crippen molar-refractivity contribution >= 4 is 11.8 Å². The highest BCUT2D eigenvalue weighted by Crippen LogP contribution is 2.12. The molecule has 0 radical (unpaired) electrons. The Bertz CT molecular complexity index is 310. The summed E-state index contributed by atoms with van der Waals surface area (Å²) in [7, 11) is 0. The number of carbonyl (C=O) groups is 2. The Morgan fingerprint density at radius 3 is 2.89 bits per heavy atom. The van der Waals surface area contributed by atoms with Crippen molar-refractivity contribution in [2.24, 2.45) is 11.7 Å². The Kier molecular flexibility index (Phi) is 6.80. The number of ether oxygens (including phenoxy) is 1. The summed E-state index contributed by atoms with van der Waals surface area (Å²) in [6.45, 7) is 6.26. The maximum atomic E-state index is 12.2. The van der Waals surface area contributed by atoms with Crippen molar-refractivity contribution < 1.29 is 14.3 Å². The number of rotatable bonds is 6. The summed E-state index contributed by atoms with van der Waals surface area (Å²) in [6, 6.07) is -0.502. The van der Waals surface area contributed by atoms with Crippen LogP contribution in [0.3, 0.4) is 0 Å². The minimum atomic E-state index is -0.502. The number of morpholine rings is 1. The molecule has 1 rings (SSSR count). The van der Waals surface area contributed by atoms with Crippen LogP contribution in [0.25, 0.3) is 0 Å². The predicted octanol–water partition coefficient (Wildman–Crippen LogP) is -0.275. The van der Waals surface area contributed by atoms with E-state index in [2.05, 4.69) is 5.32 Å². The molecule has 2 unspecified atom stereocenters. The van der Waals surface area contributed by atoms with Gasteiger partial charge in [0.25, 0.3) is 0 Å². The number of amides is 2. The van der Waals surface area contributed by atoms with Crippen molar-refractivity contribution in [1.82, 2.24) is 10.2 Å². The van der Waals surface area contributed by atoms with Gasteiger partial charge in [-0.1, -0.05) is 13.8 Å². The smallest absolute Gasteiger partial charge is 0.245 e. The van der Waals surface area contributed by atoms with Crippen LogP contribution in [0.4, 0.5) is 0 Å². The van der Waals surface area contributed by atoms with Gasteiger partial charge >= 0.3 is 0 Å². The van der Waals surface area contributed by atoms with Crippen LogP contribution < -0.4 is 11.1 Å². The first kappa shape index (κ1) is 15.9. The summed E-state index contributed by atoms with van der Waals surface area (Å²) in [5.41, 5.74) is 5.54. The summed E-state index contributed by atoms with van der Waals surface area (Å²) < 4.78 is 5.32. The van der Waals surface area contributed by atoms with E-state index in [9.17, 15) is 9.59 Å². The molecule has 0 aromatic rings. The number of nitrogens with zero attached hydrogens (tertiary/aromatic N) is 1. The Morgan fingerprint density at radius 2 is 2.26 bits per heavy atom. The fourth-order valence-electron chi connectivity index (χ4n) is 1.98. The Balaban J connectivity index is 2.61. The Morgan fingerprint density at radius 1 is 1.53 bits per heavy atom. The Hall–Kier alpha value is -1.14. The molecule has 2 atom stereocenters. The highest BCUT2D eigenvalue weighted by atomic mass is 16.5. The van der Waals surface area contributed by atoms with Crippen molar-refractivity contribution in [2.45, 2.75) is 32.7 Å². The lowest BCUT2D eigenvalue weighted by molar-refractivity contribution is -0.149. The van der Waals surface area contributed by atoms with E-state index in [0.29, 0.717) is 32.7 Å². The van der Waals surface area contributed by atoms with Crippen molar-refractivity contribution in [2.75, 3.05) is 32.8 Å². The third-order valence-electron chi connectivity index (χ3n) is 3.23. The highest BCUT2D eigenvalue weighted by Gasteiger charge is 2.32. The van der Waals surface area contributed by atoms with Crippen LogP contribution in [-0.2, 0) is 14.3 Å². The van der Waals surface area contributed by atoms with Crippen LogP contribution >= 0.6 is 0 Å². The van der Waals surface area contributed by atoms with Crippen molar-refractivity contribution in [1.29, 1.82) is 0 Å². The molecule has 0 aliphatic carbocycles. The average Bonchev–Trinajstić information content (AvgIpc) is 2.44. The second-order valence-corrected chi connectivity index (χ2v) is 5.01. The van der Waals surface area contributed by atoms with Gasteiger partial charge in [0.15, 0.2) is 0 Å². The van der Waals surface area contributed by atoms with E-state index in [-0.39, 0.29) is 24.3 Å². The number of nitrogens with one attached hydrogen (secondary N) is 1. The van der Waals surface area contributed by atoms with Crippen LogP contribution in [-0.4, -0.2) is 55.6 Å². The molecule has 6 heteroatoms. The first-order chi connectivity index (χ1) is 9.10. The zero-order chi connectivity index (χ0) is 14.3. The summed E-state index contributed by atoms with van der Waals surface area (Å²) >= 11 is 0. The molecule has 0 aromatic carbocycles. The second kappa shape index (κ2) is 8.12. The zero-order valence-electron chi connectivity index (χ0n) is 11.9. The summed E-state index contributed by atoms with van der Waals surface area (Å²) in [5, 5.41) is 2.82. The molecule has 6 nitrogen and oxygen atoms in total. The minimum absolute atomic E-state index is 0.0158. The highest BCUT2D eigenvalue weighted by molar-refractivity contribution is 5.88. The van der Waals surface area contributed by atoms with Gasteiger partial charge in [0, 0.05) is 19.5 Å². The molecule has 1 heterocycles. The number of hydrogen-bond acceptors (Lipinski definition) is 4. The molecule has 1 fully saturated rings. The van der Waals surface area contributed by atoms with Crippen LogP contribution in [0, 0.1) is 5.92 Å². The lowest BCUT2D eigenvalue weighted by Gasteiger charge is -2.35. The van der Waals surface area contributed by atoms with Crippen LogP contribution in [0.15, 0.2) is 0 Å². The second-order valence-electron chi connectivity index (χ2n) is 5.01. The molecule has 0 spiro atoms. The van der Waals surface area contributed by atoms with E-state index in [1.165, 1.54) is 0 Å². The summed E-state index contributed by atoms with van der Waals surface area (Å²) in [5.74, 6) is -0.0112. The van der Waals surface area contributed by atoms with E-state index < -0.39 is 6.04 Å². The molecule has 1 saturated heterocycles. The topological polar surface area (TPSA) is 84.7 Å². The average molecular weight is 271 g/mol. The van der Waals surface area contributed by atoms with Gasteiger partial charge < -0.3 is 20.7 Å². The number of hydrogen-bond donors (Lipinski definition) is 2. The molecule has 0 aromatic heterocycles. The van der Waals surface area contributed by atoms with E-state index in [1.807, 2.05) is 13.8 Å². The van der Waals surface area contributed by atoms with Gasteiger partial charge in [-0.15, -0.1) is 0 Å². The SMILES string of the molecule is CCCNC(=O)C1COCCN1C(=O)CC(C)CN. The van der Waals surface area contributed by atoms with Gasteiger partial charge in [0.2, 0.25) is 11.8 Å². The monoisotopic (exact) mass is 271 g/mol. The zero-order valence-corrected chi connectivity index (χ0v) is 11.9. The molecular weight excluding hydrogens is 246 g/mol. The van der Waals surface area contributed by atoms with E-state index in [1.54, 1.807) is 4.90 Å². The largest absolute Gasteiger partial charge is 0.377 e. The molecule has 1 aliphatic heterocycles. The first-order valence-corrected chi connectivity index (χ1v) is 6.95. The third-order valence-corrected chi connectivity index (χ3v) is 3.23. The predicted molar refractivity (Wildman–Crippen MR) is 72.5 cm³/mol. The maximum absolute atomic E-state index is 12.2. The fourth-order valence-corrected chi connectivity index (χ4v) is 1.98. The molecule has 3 N–H and O–H groups in total. The molecule has 0 saturated carbocycles. The van der Waals surface area contributed by atoms with Gasteiger partial charge in [-0.05, 0) is 18.9 Å². The van der Waals surface area contributed by atoms with E-state index >= 15 is 0 Å². The first-order valence-electron chi connectivity index (χ1n) is 6.95. The van der Waals surface area contributed by atoms with Crippen molar-refractivity contribution in [3.05, 3.63) is 0 Å². The van der Waals surface area contributed by atoms with Gasteiger partial charge in [-0.2, -0.15) is 0 Å². The van der Waals surface area contributed by atoms with Crippen LogP contribution in [0.5, 0.6) is 0 Å². The molecule has 0 bridgehead atoms. The molecule has 2 amide bonds. The van der Waals surface area contributed by atoms with Gasteiger partial charge in [0.1, 0.15) is 6.04 Å². The standard InChI is InChI=1S/C13H25N3O3/c1-3-4-15-13(18)11-9-19-6-5-16(11)12(17)7-10(2)8-14/h10-11H,3-9,14H2,1-2H3,(H,15,18). The minimum Gasteiger partial charge on any atom is -0.377 e. The molecule has 19 heavy (non-hydrogen) atoms. The lowest BCUT2D eigenvalue weighted by atomic mass is 10.1. The van der Waals surface area contributed by atoms with Crippen LogP contribution in [0.1, 0.15) is 26.7 Å². The molecular formula is C13H25N3O3. The molecule has 110 valence electrons. The summed E-state index contributed by atoms with van der Waals surface area (Å²) in [6.07, 6.45) is 1.26. The number of nitrogens with two attached hydrogens (primary N) is 1. The lowest BCUT2D eigenvalue weighted by Crippen LogP contribution is -2.56.